The van der Waals surface area contributed by atoms with Crippen molar-refractivity contribution in [2.45, 2.75) is 70.5 Å². The topological polar surface area (TPSA) is 18.5 Å². The van der Waals surface area contributed by atoms with E-state index in [1.54, 1.807) is 6.07 Å². The highest BCUT2D eigenvalue weighted by molar-refractivity contribution is 5.26. The molecule has 172 valence electrons. The molecule has 2 aliphatic carbocycles. The molecule has 3 aliphatic rings. The number of halogens is 3. The van der Waals surface area contributed by atoms with Gasteiger partial charge in [-0.1, -0.05) is 12.1 Å². The minimum atomic E-state index is -1.03. The summed E-state index contributed by atoms with van der Waals surface area (Å²) in [6.45, 7) is 2.07. The van der Waals surface area contributed by atoms with Crippen LogP contribution < -0.4 is 0 Å². The van der Waals surface area contributed by atoms with Crippen molar-refractivity contribution in [3.63, 3.8) is 0 Å². The van der Waals surface area contributed by atoms with Gasteiger partial charge in [-0.25, -0.2) is 13.2 Å². The summed E-state index contributed by atoms with van der Waals surface area (Å²) in [5.41, 5.74) is 1.89. The Labute approximate surface area is 184 Å². The smallest absolute Gasteiger partial charge is 0.210 e. The van der Waals surface area contributed by atoms with Gasteiger partial charge in [0.15, 0.2) is 5.83 Å². The van der Waals surface area contributed by atoms with E-state index >= 15 is 0 Å². The first-order chi connectivity index (χ1) is 15.0. The van der Waals surface area contributed by atoms with Gasteiger partial charge in [-0.15, -0.1) is 0 Å². The van der Waals surface area contributed by atoms with Crippen LogP contribution >= 0.6 is 0 Å². The number of rotatable bonds is 5. The van der Waals surface area contributed by atoms with Gasteiger partial charge >= 0.3 is 0 Å². The van der Waals surface area contributed by atoms with Crippen molar-refractivity contribution >= 4 is 0 Å². The Balaban J connectivity index is 1.21. The molecule has 1 aromatic carbocycles. The number of hydrogen-bond acceptors (Lipinski definition) is 2. The van der Waals surface area contributed by atoms with E-state index in [2.05, 4.69) is 0 Å². The Morgan fingerprint density at radius 2 is 1.45 bits per heavy atom. The number of hydrogen-bond donors (Lipinski definition) is 0. The van der Waals surface area contributed by atoms with Crippen LogP contribution in [0, 0.1) is 36.4 Å². The van der Waals surface area contributed by atoms with E-state index in [1.807, 2.05) is 19.1 Å². The number of benzene rings is 1. The molecule has 1 heterocycles. The molecule has 0 N–H and O–H groups in total. The molecule has 0 amide bonds. The van der Waals surface area contributed by atoms with Gasteiger partial charge in [-0.3, -0.25) is 0 Å². The lowest BCUT2D eigenvalue weighted by molar-refractivity contribution is -0.198. The van der Waals surface area contributed by atoms with E-state index < -0.39 is 18.8 Å². The first-order valence-corrected chi connectivity index (χ1v) is 12.0. The maximum absolute atomic E-state index is 14.4. The lowest BCUT2D eigenvalue weighted by atomic mass is 9.67. The molecule has 3 fully saturated rings. The van der Waals surface area contributed by atoms with Gasteiger partial charge in [0.25, 0.3) is 0 Å². The number of ether oxygens (including phenoxy) is 2. The second kappa shape index (κ2) is 10.5. The molecule has 4 rings (SSSR count). The van der Waals surface area contributed by atoms with E-state index in [-0.39, 0.29) is 5.82 Å². The van der Waals surface area contributed by atoms with Gasteiger partial charge in [-0.05, 0) is 105 Å². The fourth-order valence-electron chi connectivity index (χ4n) is 6.07. The molecule has 2 nitrogen and oxygen atoms in total. The van der Waals surface area contributed by atoms with E-state index in [4.69, 9.17) is 9.47 Å². The zero-order valence-electron chi connectivity index (χ0n) is 18.5. The van der Waals surface area contributed by atoms with Crippen LogP contribution in [0.25, 0.3) is 0 Å². The molecule has 1 aliphatic heterocycles. The predicted molar refractivity (Wildman–Crippen MR) is 116 cm³/mol. The van der Waals surface area contributed by atoms with Crippen molar-refractivity contribution in [2.75, 3.05) is 19.9 Å². The molecule has 0 bridgehead atoms. The summed E-state index contributed by atoms with van der Waals surface area (Å²) in [7, 11) is 0. The van der Waals surface area contributed by atoms with Gasteiger partial charge in [0.1, 0.15) is 12.5 Å². The molecule has 2 saturated carbocycles. The highest BCUT2D eigenvalue weighted by atomic mass is 19.1. The summed E-state index contributed by atoms with van der Waals surface area (Å²) in [4.78, 5) is 0. The first-order valence-electron chi connectivity index (χ1n) is 12.0. The van der Waals surface area contributed by atoms with Crippen LogP contribution in [0.4, 0.5) is 13.2 Å². The molecule has 0 unspecified atom stereocenters. The van der Waals surface area contributed by atoms with Crippen LogP contribution in [0.1, 0.15) is 68.4 Å². The summed E-state index contributed by atoms with van der Waals surface area (Å²) in [6.07, 6.45) is 9.22. The van der Waals surface area contributed by atoms with Crippen molar-refractivity contribution in [1.82, 2.24) is 0 Å². The van der Waals surface area contributed by atoms with Crippen LogP contribution in [-0.2, 0) is 9.47 Å². The minimum absolute atomic E-state index is 0.0387. The monoisotopic (exact) mass is 436 g/mol. The van der Waals surface area contributed by atoms with Crippen LogP contribution in [-0.4, -0.2) is 26.2 Å². The normalized spacial score (nSPS) is 35.2. The summed E-state index contributed by atoms with van der Waals surface area (Å²) in [5.74, 6) is 2.05. The van der Waals surface area contributed by atoms with Crippen molar-refractivity contribution in [1.29, 1.82) is 0 Å². The highest BCUT2D eigenvalue weighted by Gasteiger charge is 2.36. The summed E-state index contributed by atoms with van der Waals surface area (Å²) < 4.78 is 51.3. The molecule has 1 aromatic rings. The lowest BCUT2D eigenvalue weighted by Gasteiger charge is -2.41. The molecule has 0 atom stereocenters. The Morgan fingerprint density at radius 3 is 2.00 bits per heavy atom. The quantitative estimate of drug-likeness (QED) is 0.493. The summed E-state index contributed by atoms with van der Waals surface area (Å²) in [6, 6.07) is 5.67. The molecular weight excluding hydrogens is 401 g/mol. The van der Waals surface area contributed by atoms with Crippen molar-refractivity contribution < 1.29 is 22.6 Å². The van der Waals surface area contributed by atoms with Crippen molar-refractivity contribution in [2.24, 2.45) is 23.7 Å². The third-order valence-electron chi connectivity index (χ3n) is 7.94. The Morgan fingerprint density at radius 1 is 0.903 bits per heavy atom. The average molecular weight is 437 g/mol. The lowest BCUT2D eigenvalue weighted by Crippen LogP contribution is -2.38. The van der Waals surface area contributed by atoms with Crippen LogP contribution in [0.15, 0.2) is 30.1 Å². The number of alkyl halides is 1. The van der Waals surface area contributed by atoms with Gasteiger partial charge in [0.05, 0.1) is 13.2 Å². The maximum atomic E-state index is 14.4. The van der Waals surface area contributed by atoms with E-state index in [1.165, 1.54) is 38.5 Å². The van der Waals surface area contributed by atoms with Gasteiger partial charge in [0.2, 0.25) is 6.29 Å². The van der Waals surface area contributed by atoms with Crippen LogP contribution in [0.3, 0.4) is 0 Å². The van der Waals surface area contributed by atoms with Gasteiger partial charge in [-0.2, -0.15) is 0 Å². The summed E-state index contributed by atoms with van der Waals surface area (Å²) >= 11 is 0. The predicted octanol–water partition coefficient (Wildman–Crippen LogP) is 7.03. The van der Waals surface area contributed by atoms with E-state index in [0.29, 0.717) is 31.0 Å². The third kappa shape index (κ3) is 5.54. The SMILES string of the molecule is Cc1ccc(C2CCC(C3CCC(C4COC(/C(F)=C/CF)OC4)CC3)CC2)c(F)c1. The van der Waals surface area contributed by atoms with Crippen molar-refractivity contribution in [3.8, 4) is 0 Å². The standard InChI is InChI=1S/C26H35F3O2/c1-17-2-11-23(25(29)14-17)21-9-7-19(8-10-21)18-3-5-20(6-4-18)22-15-30-26(31-16-22)24(28)12-13-27/h2,11-12,14,18-22,26H,3-10,13,15-16H2,1H3/b24-12-. The molecule has 0 spiro atoms. The highest BCUT2D eigenvalue weighted by Crippen LogP contribution is 2.45. The largest absolute Gasteiger partial charge is 0.346 e. The van der Waals surface area contributed by atoms with Crippen LogP contribution in [0.2, 0.25) is 0 Å². The van der Waals surface area contributed by atoms with E-state index in [0.717, 1.165) is 41.9 Å². The second-order valence-electron chi connectivity index (χ2n) is 9.81. The number of aryl methyl sites for hydroxylation is 1. The molecular formula is C26H35F3O2. The Kier molecular flexibility index (Phi) is 7.76. The van der Waals surface area contributed by atoms with Crippen LogP contribution in [0.5, 0.6) is 0 Å². The molecule has 1 saturated heterocycles. The third-order valence-corrected chi connectivity index (χ3v) is 7.94. The Bertz CT molecular complexity index is 741. The maximum Gasteiger partial charge on any atom is 0.210 e. The zero-order valence-corrected chi connectivity index (χ0v) is 18.5. The average Bonchev–Trinajstić information content (AvgIpc) is 2.80. The van der Waals surface area contributed by atoms with Gasteiger partial charge in [0, 0.05) is 5.92 Å². The second-order valence-corrected chi connectivity index (χ2v) is 9.81. The Hall–Kier alpha value is -1.33. The molecule has 31 heavy (non-hydrogen) atoms. The zero-order chi connectivity index (χ0) is 21.8. The minimum Gasteiger partial charge on any atom is -0.346 e. The first kappa shape index (κ1) is 22.8. The van der Waals surface area contributed by atoms with Crippen molar-refractivity contribution in [3.05, 3.63) is 47.0 Å². The fraction of sp³-hybridized carbons (Fsp3) is 0.692. The fourth-order valence-corrected chi connectivity index (χ4v) is 6.07. The molecule has 0 aromatic heterocycles. The molecule has 5 heteroatoms. The van der Waals surface area contributed by atoms with Gasteiger partial charge < -0.3 is 9.47 Å². The number of allylic oxidation sites excluding steroid dienone is 1. The molecule has 0 radical (unpaired) electrons. The summed E-state index contributed by atoms with van der Waals surface area (Å²) in [5, 5.41) is 0. The van der Waals surface area contributed by atoms with E-state index in [9.17, 15) is 13.2 Å².